The quantitative estimate of drug-likeness (QED) is 0.609. The molecular formula is C12H14ClF2NO4S. The summed E-state index contributed by atoms with van der Waals surface area (Å²) in [5.74, 6) is -3.87. The minimum atomic E-state index is -4.25. The van der Waals surface area contributed by atoms with E-state index in [1.807, 2.05) is 6.92 Å². The maximum Gasteiger partial charge on any atom is 0.261 e. The molecule has 0 bridgehead atoms. The molecule has 1 rings (SSSR count). The fourth-order valence-corrected chi connectivity index (χ4v) is 2.16. The van der Waals surface area contributed by atoms with Crippen LogP contribution in [0.15, 0.2) is 17.0 Å². The van der Waals surface area contributed by atoms with Gasteiger partial charge in [0.05, 0.1) is 4.90 Å². The molecule has 0 aliphatic carbocycles. The zero-order valence-electron chi connectivity index (χ0n) is 11.2. The van der Waals surface area contributed by atoms with Crippen molar-refractivity contribution < 1.29 is 26.7 Å². The molecule has 0 radical (unpaired) electrons. The van der Waals surface area contributed by atoms with Gasteiger partial charge in [0, 0.05) is 17.2 Å². The van der Waals surface area contributed by atoms with E-state index in [4.69, 9.17) is 15.4 Å². The lowest BCUT2D eigenvalue weighted by Crippen LogP contribution is -2.29. The van der Waals surface area contributed by atoms with Gasteiger partial charge in [0.2, 0.25) is 0 Å². The van der Waals surface area contributed by atoms with E-state index in [0.717, 1.165) is 12.8 Å². The summed E-state index contributed by atoms with van der Waals surface area (Å²) in [4.78, 5) is 10.6. The summed E-state index contributed by atoms with van der Waals surface area (Å²) in [6.07, 6.45) is 1.66. The molecule has 1 aromatic carbocycles. The fourth-order valence-electron chi connectivity index (χ4n) is 1.41. The van der Waals surface area contributed by atoms with Crippen LogP contribution in [0.5, 0.6) is 5.75 Å². The van der Waals surface area contributed by atoms with Crippen LogP contribution < -0.4 is 10.1 Å². The molecule has 118 valence electrons. The van der Waals surface area contributed by atoms with E-state index in [0.29, 0.717) is 18.7 Å². The Hall–Kier alpha value is -1.41. The first-order chi connectivity index (χ1) is 9.75. The number of carbonyl (C=O) groups is 1. The summed E-state index contributed by atoms with van der Waals surface area (Å²) in [6.45, 7) is 1.80. The van der Waals surface area contributed by atoms with Crippen molar-refractivity contribution in [3.8, 4) is 5.75 Å². The molecule has 5 nitrogen and oxygen atoms in total. The SMILES string of the molecule is CCCCNC(=O)COc1c(F)cc(S(=O)(=O)Cl)cc1F. The average Bonchev–Trinajstić information content (AvgIpc) is 2.36. The number of amides is 1. The number of ether oxygens (including phenoxy) is 1. The van der Waals surface area contributed by atoms with Crippen LogP contribution in [0, 0.1) is 11.6 Å². The molecule has 0 saturated heterocycles. The largest absolute Gasteiger partial charge is 0.478 e. The Morgan fingerprint density at radius 1 is 1.33 bits per heavy atom. The van der Waals surface area contributed by atoms with Crippen molar-refractivity contribution in [1.29, 1.82) is 0 Å². The van der Waals surface area contributed by atoms with Crippen LogP contribution in [0.25, 0.3) is 0 Å². The highest BCUT2D eigenvalue weighted by Crippen LogP contribution is 2.27. The van der Waals surface area contributed by atoms with E-state index >= 15 is 0 Å². The van der Waals surface area contributed by atoms with Crippen molar-refractivity contribution in [2.75, 3.05) is 13.2 Å². The highest BCUT2D eigenvalue weighted by atomic mass is 35.7. The molecule has 0 heterocycles. The lowest BCUT2D eigenvalue weighted by Gasteiger charge is -2.09. The van der Waals surface area contributed by atoms with Gasteiger partial charge in [-0.1, -0.05) is 13.3 Å². The number of carbonyl (C=O) groups excluding carboxylic acids is 1. The minimum Gasteiger partial charge on any atom is -0.478 e. The highest BCUT2D eigenvalue weighted by molar-refractivity contribution is 8.13. The lowest BCUT2D eigenvalue weighted by atomic mass is 10.3. The smallest absolute Gasteiger partial charge is 0.261 e. The Morgan fingerprint density at radius 3 is 2.38 bits per heavy atom. The topological polar surface area (TPSA) is 72.5 Å². The maximum absolute atomic E-state index is 13.6. The number of nitrogens with one attached hydrogen (secondary N) is 1. The van der Waals surface area contributed by atoms with E-state index in [1.54, 1.807) is 0 Å². The van der Waals surface area contributed by atoms with Gasteiger partial charge in [-0.3, -0.25) is 4.79 Å². The van der Waals surface area contributed by atoms with Gasteiger partial charge in [0.1, 0.15) is 0 Å². The van der Waals surface area contributed by atoms with Gasteiger partial charge < -0.3 is 10.1 Å². The first-order valence-corrected chi connectivity index (χ1v) is 8.39. The molecule has 0 saturated carbocycles. The molecule has 1 aromatic rings. The minimum absolute atomic E-state index is 0.438. The predicted molar refractivity (Wildman–Crippen MR) is 72.8 cm³/mol. The Morgan fingerprint density at radius 2 is 1.90 bits per heavy atom. The molecule has 0 aliphatic heterocycles. The van der Waals surface area contributed by atoms with Gasteiger partial charge in [0.15, 0.2) is 24.0 Å². The molecule has 0 aliphatic rings. The second-order valence-electron chi connectivity index (χ2n) is 4.15. The number of halogens is 3. The van der Waals surface area contributed by atoms with Crippen molar-refractivity contribution >= 4 is 25.6 Å². The van der Waals surface area contributed by atoms with Crippen molar-refractivity contribution in [2.45, 2.75) is 24.7 Å². The third kappa shape index (κ3) is 5.47. The summed E-state index contributed by atoms with van der Waals surface area (Å²) in [6, 6.07) is 1.05. The van der Waals surface area contributed by atoms with Crippen LogP contribution >= 0.6 is 10.7 Å². The average molecular weight is 342 g/mol. The fraction of sp³-hybridized carbons (Fsp3) is 0.417. The number of rotatable bonds is 7. The van der Waals surface area contributed by atoms with Gasteiger partial charge in [0.25, 0.3) is 15.0 Å². The van der Waals surface area contributed by atoms with E-state index in [1.165, 1.54) is 0 Å². The van der Waals surface area contributed by atoms with Gasteiger partial charge in [-0.2, -0.15) is 0 Å². The van der Waals surface area contributed by atoms with E-state index < -0.39 is 43.8 Å². The molecule has 9 heteroatoms. The third-order valence-electron chi connectivity index (χ3n) is 2.45. The summed E-state index contributed by atoms with van der Waals surface area (Å²) in [5, 5.41) is 2.50. The second-order valence-corrected chi connectivity index (χ2v) is 6.71. The molecule has 0 spiro atoms. The Kier molecular flexibility index (Phi) is 6.35. The van der Waals surface area contributed by atoms with Crippen molar-refractivity contribution in [3.05, 3.63) is 23.8 Å². The summed E-state index contributed by atoms with van der Waals surface area (Å²) in [7, 11) is 0.734. The summed E-state index contributed by atoms with van der Waals surface area (Å²) >= 11 is 0. The van der Waals surface area contributed by atoms with Crippen LogP contribution in [0.2, 0.25) is 0 Å². The Bertz CT molecular complexity index is 599. The van der Waals surface area contributed by atoms with Crippen LogP contribution in [-0.2, 0) is 13.8 Å². The predicted octanol–water partition coefficient (Wildman–Crippen LogP) is 2.19. The molecule has 0 aromatic heterocycles. The molecule has 0 atom stereocenters. The molecule has 1 amide bonds. The first-order valence-electron chi connectivity index (χ1n) is 6.09. The molecule has 1 N–H and O–H groups in total. The summed E-state index contributed by atoms with van der Waals surface area (Å²) in [5.41, 5.74) is 0. The van der Waals surface area contributed by atoms with E-state index in [2.05, 4.69) is 5.32 Å². The Balaban J connectivity index is 2.75. The van der Waals surface area contributed by atoms with Crippen LogP contribution in [0.3, 0.4) is 0 Å². The number of hydrogen-bond acceptors (Lipinski definition) is 4. The summed E-state index contributed by atoms with van der Waals surface area (Å²) < 4.78 is 53.9. The van der Waals surface area contributed by atoms with Gasteiger partial charge in [-0.05, 0) is 18.6 Å². The van der Waals surface area contributed by atoms with Crippen molar-refractivity contribution in [1.82, 2.24) is 5.32 Å². The third-order valence-corrected chi connectivity index (χ3v) is 3.79. The number of unbranched alkanes of at least 4 members (excludes halogenated alkanes) is 1. The van der Waals surface area contributed by atoms with Gasteiger partial charge >= 0.3 is 0 Å². The normalized spacial score (nSPS) is 11.2. The molecule has 21 heavy (non-hydrogen) atoms. The maximum atomic E-state index is 13.6. The lowest BCUT2D eigenvalue weighted by molar-refractivity contribution is -0.123. The molecular weight excluding hydrogens is 328 g/mol. The zero-order valence-corrected chi connectivity index (χ0v) is 12.7. The number of benzene rings is 1. The van der Waals surface area contributed by atoms with E-state index in [-0.39, 0.29) is 0 Å². The Labute approximate surface area is 125 Å². The van der Waals surface area contributed by atoms with Gasteiger partial charge in [-0.25, -0.2) is 17.2 Å². The highest BCUT2D eigenvalue weighted by Gasteiger charge is 2.19. The molecule has 0 fully saturated rings. The zero-order chi connectivity index (χ0) is 16.0. The monoisotopic (exact) mass is 341 g/mol. The first kappa shape index (κ1) is 17.6. The van der Waals surface area contributed by atoms with Crippen LogP contribution in [0.1, 0.15) is 19.8 Å². The second kappa shape index (κ2) is 7.56. The van der Waals surface area contributed by atoms with Crippen LogP contribution in [0.4, 0.5) is 8.78 Å². The van der Waals surface area contributed by atoms with Crippen molar-refractivity contribution in [3.63, 3.8) is 0 Å². The standard InChI is InChI=1S/C12H14ClF2NO4S/c1-2-3-4-16-11(17)7-20-12-9(14)5-8(6-10(12)15)21(13,18)19/h5-6H,2-4,7H2,1H3,(H,16,17). The number of hydrogen-bond donors (Lipinski definition) is 1. The van der Waals surface area contributed by atoms with Gasteiger partial charge in [-0.15, -0.1) is 0 Å². The molecule has 0 unspecified atom stereocenters. The van der Waals surface area contributed by atoms with Crippen LogP contribution in [-0.4, -0.2) is 27.5 Å². The van der Waals surface area contributed by atoms with Crippen molar-refractivity contribution in [2.24, 2.45) is 0 Å². The van der Waals surface area contributed by atoms with E-state index in [9.17, 15) is 22.0 Å².